The van der Waals surface area contributed by atoms with Gasteiger partial charge in [0.2, 0.25) is 17.7 Å². The largest absolute Gasteiger partial charge is 0.478 e. The van der Waals surface area contributed by atoms with Gasteiger partial charge in [-0.25, -0.2) is 4.79 Å². The molecule has 1 unspecified atom stereocenters. The van der Waals surface area contributed by atoms with Crippen LogP contribution in [0.25, 0.3) is 0 Å². The molecule has 0 spiro atoms. The molecule has 0 aliphatic carbocycles. The molecule has 11 heteroatoms. The Labute approximate surface area is 192 Å². The number of aromatic nitrogens is 1. The van der Waals surface area contributed by atoms with E-state index in [9.17, 15) is 24.0 Å². The number of carbonyl (C=O) groups is 4. The number of rotatable bonds is 14. The van der Waals surface area contributed by atoms with Gasteiger partial charge in [-0.1, -0.05) is 19.9 Å². The molecule has 3 amide bonds. The molecule has 0 saturated heterocycles. The monoisotopic (exact) mass is 463 g/mol. The molecule has 1 atom stereocenters. The topological polar surface area (TPSA) is 150 Å². The van der Waals surface area contributed by atoms with Crippen molar-refractivity contribution in [1.29, 1.82) is 0 Å². The SMILES string of the molecule is CCN(CC)CCNC(=O)Cn1cccc(NC(=O)C(CCC=CC(=O)O)NC(C)=O)c1=O. The highest BCUT2D eigenvalue weighted by Crippen LogP contribution is 2.05. The number of hydrogen-bond acceptors (Lipinski definition) is 6. The molecule has 1 rings (SSSR count). The molecule has 1 aromatic heterocycles. The summed E-state index contributed by atoms with van der Waals surface area (Å²) in [5, 5.41) is 16.4. The molecule has 33 heavy (non-hydrogen) atoms. The average molecular weight is 464 g/mol. The summed E-state index contributed by atoms with van der Waals surface area (Å²) in [6, 6.07) is 1.98. The van der Waals surface area contributed by atoms with E-state index in [1.54, 1.807) is 0 Å². The second-order valence-corrected chi connectivity index (χ2v) is 7.29. The highest BCUT2D eigenvalue weighted by Gasteiger charge is 2.20. The molecule has 1 aromatic rings. The number of hydrogen-bond donors (Lipinski definition) is 4. The molecule has 11 nitrogen and oxygen atoms in total. The van der Waals surface area contributed by atoms with Gasteiger partial charge in [-0.2, -0.15) is 0 Å². The summed E-state index contributed by atoms with van der Waals surface area (Å²) in [7, 11) is 0. The highest BCUT2D eigenvalue weighted by atomic mass is 16.4. The fourth-order valence-corrected chi connectivity index (χ4v) is 3.04. The van der Waals surface area contributed by atoms with E-state index in [1.165, 1.54) is 35.9 Å². The van der Waals surface area contributed by atoms with Crippen LogP contribution in [0.5, 0.6) is 0 Å². The average Bonchev–Trinajstić information content (AvgIpc) is 2.75. The van der Waals surface area contributed by atoms with Gasteiger partial charge in [0.1, 0.15) is 18.3 Å². The zero-order valence-corrected chi connectivity index (χ0v) is 19.3. The summed E-state index contributed by atoms with van der Waals surface area (Å²) < 4.78 is 1.19. The third kappa shape index (κ3) is 10.6. The third-order valence-corrected chi connectivity index (χ3v) is 4.81. The van der Waals surface area contributed by atoms with Gasteiger partial charge >= 0.3 is 5.97 Å². The fourth-order valence-electron chi connectivity index (χ4n) is 3.04. The van der Waals surface area contributed by atoms with E-state index in [1.807, 2.05) is 13.8 Å². The predicted molar refractivity (Wildman–Crippen MR) is 124 cm³/mol. The Kier molecular flexibility index (Phi) is 12.2. The van der Waals surface area contributed by atoms with Gasteiger partial charge in [-0.05, 0) is 38.1 Å². The van der Waals surface area contributed by atoms with Crippen molar-refractivity contribution >= 4 is 29.4 Å². The van der Waals surface area contributed by atoms with Gasteiger partial charge in [0.15, 0.2) is 0 Å². The van der Waals surface area contributed by atoms with Gasteiger partial charge in [0.05, 0.1) is 0 Å². The predicted octanol–water partition coefficient (Wildman–Crippen LogP) is 0.171. The molecule has 0 saturated carbocycles. The summed E-state index contributed by atoms with van der Waals surface area (Å²) in [6.45, 7) is 8.04. The number of nitrogens with zero attached hydrogens (tertiary/aromatic N) is 2. The molecule has 0 aliphatic rings. The van der Waals surface area contributed by atoms with E-state index in [2.05, 4.69) is 20.9 Å². The van der Waals surface area contributed by atoms with E-state index >= 15 is 0 Å². The van der Waals surface area contributed by atoms with E-state index in [4.69, 9.17) is 5.11 Å². The zero-order chi connectivity index (χ0) is 24.8. The first-order valence-corrected chi connectivity index (χ1v) is 10.8. The lowest BCUT2D eigenvalue weighted by Crippen LogP contribution is -2.44. The van der Waals surface area contributed by atoms with Crippen LogP contribution in [0.2, 0.25) is 0 Å². The second-order valence-electron chi connectivity index (χ2n) is 7.29. The molecule has 0 bridgehead atoms. The molecular weight excluding hydrogens is 430 g/mol. The normalized spacial score (nSPS) is 11.9. The van der Waals surface area contributed by atoms with Crippen molar-refractivity contribution in [2.75, 3.05) is 31.5 Å². The number of carbonyl (C=O) groups excluding carboxylic acids is 3. The maximum absolute atomic E-state index is 12.7. The van der Waals surface area contributed by atoms with Crippen molar-refractivity contribution in [2.45, 2.75) is 46.2 Å². The molecule has 0 aliphatic heterocycles. The maximum atomic E-state index is 12.7. The minimum absolute atomic E-state index is 0.0325. The number of nitrogens with one attached hydrogen (secondary N) is 3. The summed E-state index contributed by atoms with van der Waals surface area (Å²) in [5.41, 5.74) is -0.591. The van der Waals surface area contributed by atoms with E-state index < -0.39 is 29.4 Å². The first kappa shape index (κ1) is 27.6. The van der Waals surface area contributed by atoms with Crippen LogP contribution >= 0.6 is 0 Å². The summed E-state index contributed by atoms with van der Waals surface area (Å²) in [5.74, 6) is -2.50. The molecule has 182 valence electrons. The van der Waals surface area contributed by atoms with Crippen LogP contribution in [0.1, 0.15) is 33.6 Å². The smallest absolute Gasteiger partial charge is 0.327 e. The molecule has 0 fully saturated rings. The lowest BCUT2D eigenvalue weighted by atomic mass is 10.1. The van der Waals surface area contributed by atoms with Crippen LogP contribution in [0.4, 0.5) is 5.69 Å². The van der Waals surface area contributed by atoms with Gasteiger partial charge < -0.3 is 30.5 Å². The number of aliphatic carboxylic acids is 1. The molecule has 0 aromatic carbocycles. The minimum atomic E-state index is -1.11. The summed E-state index contributed by atoms with van der Waals surface area (Å²) in [6.07, 6.45) is 4.15. The van der Waals surface area contributed by atoms with Crippen LogP contribution in [0, 0.1) is 0 Å². The number of carboxylic acid groups (broad SMARTS) is 1. The quantitative estimate of drug-likeness (QED) is 0.287. The van der Waals surface area contributed by atoms with E-state index in [-0.39, 0.29) is 31.0 Å². The lowest BCUT2D eigenvalue weighted by Gasteiger charge is -2.18. The van der Waals surface area contributed by atoms with Gasteiger partial charge in [-0.3, -0.25) is 19.2 Å². The highest BCUT2D eigenvalue weighted by molar-refractivity contribution is 5.96. The number of allylic oxidation sites excluding steroid dienone is 1. The molecular formula is C22H33N5O6. The Balaban J connectivity index is 2.78. The van der Waals surface area contributed by atoms with Gasteiger partial charge in [0, 0.05) is 32.3 Å². The van der Waals surface area contributed by atoms with E-state index in [0.29, 0.717) is 13.1 Å². The van der Waals surface area contributed by atoms with Crippen LogP contribution in [0.3, 0.4) is 0 Å². The maximum Gasteiger partial charge on any atom is 0.327 e. The number of likely N-dealkylation sites (N-methyl/N-ethyl adjacent to an activating group) is 1. The Bertz CT molecular complexity index is 907. The van der Waals surface area contributed by atoms with Crippen molar-refractivity contribution in [3.05, 3.63) is 40.8 Å². The van der Waals surface area contributed by atoms with E-state index in [0.717, 1.165) is 19.2 Å². The Morgan fingerprint density at radius 3 is 2.52 bits per heavy atom. The number of anilines is 1. The molecule has 0 radical (unpaired) electrons. The second kappa shape index (κ2) is 14.6. The van der Waals surface area contributed by atoms with Crippen molar-refractivity contribution in [2.24, 2.45) is 0 Å². The zero-order valence-electron chi connectivity index (χ0n) is 19.3. The van der Waals surface area contributed by atoms with Crippen molar-refractivity contribution in [3.8, 4) is 0 Å². The van der Waals surface area contributed by atoms with Gasteiger partial charge in [0.25, 0.3) is 5.56 Å². The van der Waals surface area contributed by atoms with Crippen molar-refractivity contribution < 1.29 is 24.3 Å². The fraction of sp³-hybridized carbons (Fsp3) is 0.500. The Morgan fingerprint density at radius 2 is 1.91 bits per heavy atom. The summed E-state index contributed by atoms with van der Waals surface area (Å²) in [4.78, 5) is 61.7. The lowest BCUT2D eigenvalue weighted by molar-refractivity contribution is -0.131. The number of pyridine rings is 1. The van der Waals surface area contributed by atoms with Crippen molar-refractivity contribution in [1.82, 2.24) is 20.1 Å². The summed E-state index contributed by atoms with van der Waals surface area (Å²) >= 11 is 0. The number of carboxylic acids is 1. The first-order valence-electron chi connectivity index (χ1n) is 10.8. The third-order valence-electron chi connectivity index (χ3n) is 4.81. The molecule has 1 heterocycles. The minimum Gasteiger partial charge on any atom is -0.478 e. The Hall–Kier alpha value is -3.47. The van der Waals surface area contributed by atoms with Crippen LogP contribution in [-0.2, 0) is 25.7 Å². The Morgan fingerprint density at radius 1 is 1.21 bits per heavy atom. The van der Waals surface area contributed by atoms with Gasteiger partial charge in [-0.15, -0.1) is 0 Å². The van der Waals surface area contributed by atoms with Crippen molar-refractivity contribution in [3.63, 3.8) is 0 Å². The first-order chi connectivity index (χ1) is 15.7. The number of amides is 3. The molecule has 4 N–H and O–H groups in total. The van der Waals surface area contributed by atoms with Crippen LogP contribution < -0.4 is 21.5 Å². The standard InChI is InChI=1S/C22H33N5O6/c1-4-26(5-2)14-12-23-19(29)15-27-13-8-10-18(22(27)33)25-21(32)17(24-16(3)28)9-6-7-11-20(30)31/h7-8,10-11,13,17H,4-6,9,12,14-15H2,1-3H3,(H,23,29)(H,24,28)(H,25,32)(H,30,31). The van der Waals surface area contributed by atoms with Crippen LogP contribution in [-0.4, -0.2) is 70.5 Å². The van der Waals surface area contributed by atoms with Crippen LogP contribution in [0.15, 0.2) is 35.3 Å².